The Morgan fingerprint density at radius 1 is 1.45 bits per heavy atom. The van der Waals surface area contributed by atoms with Crippen molar-refractivity contribution in [2.24, 2.45) is 0 Å². The Kier molecular flexibility index (Phi) is 4.67. The van der Waals surface area contributed by atoms with Crippen LogP contribution in [0.25, 0.3) is 0 Å². The van der Waals surface area contributed by atoms with Crippen LogP contribution >= 0.6 is 11.3 Å². The van der Waals surface area contributed by atoms with Crippen LogP contribution in [0.5, 0.6) is 0 Å². The SMILES string of the molecule is CCn1cc(C[n+]2csc(CCO)c2C)c(=O)nc1C. The van der Waals surface area contributed by atoms with E-state index in [1.807, 2.05) is 41.6 Å². The van der Waals surface area contributed by atoms with Gasteiger partial charge in [-0.15, -0.1) is 0 Å². The molecule has 0 saturated carbocycles. The summed E-state index contributed by atoms with van der Waals surface area (Å²) in [6.45, 7) is 7.37. The van der Waals surface area contributed by atoms with Crippen molar-refractivity contribution in [1.29, 1.82) is 0 Å². The van der Waals surface area contributed by atoms with Gasteiger partial charge in [-0.3, -0.25) is 4.79 Å². The molecule has 2 rings (SSSR count). The largest absolute Gasteiger partial charge is 0.396 e. The highest BCUT2D eigenvalue weighted by molar-refractivity contribution is 7.09. The van der Waals surface area contributed by atoms with E-state index < -0.39 is 0 Å². The first-order valence-electron chi connectivity index (χ1n) is 6.71. The van der Waals surface area contributed by atoms with Crippen molar-refractivity contribution >= 4 is 11.3 Å². The number of thiazole rings is 1. The highest BCUT2D eigenvalue weighted by atomic mass is 32.1. The van der Waals surface area contributed by atoms with Crippen LogP contribution in [0.2, 0.25) is 0 Å². The maximum atomic E-state index is 12.0. The van der Waals surface area contributed by atoms with E-state index >= 15 is 0 Å². The second-order valence-corrected chi connectivity index (χ2v) is 5.68. The van der Waals surface area contributed by atoms with Gasteiger partial charge in [-0.05, 0) is 13.8 Å². The average molecular weight is 294 g/mol. The molecule has 0 saturated heterocycles. The molecular weight excluding hydrogens is 274 g/mol. The zero-order valence-electron chi connectivity index (χ0n) is 12.1. The first-order chi connectivity index (χ1) is 9.56. The molecule has 6 heteroatoms. The molecule has 0 aliphatic heterocycles. The molecule has 20 heavy (non-hydrogen) atoms. The quantitative estimate of drug-likeness (QED) is 0.830. The minimum atomic E-state index is -0.158. The van der Waals surface area contributed by atoms with Crippen molar-refractivity contribution < 1.29 is 9.67 Å². The van der Waals surface area contributed by atoms with Gasteiger partial charge in [0.15, 0.2) is 12.2 Å². The van der Waals surface area contributed by atoms with E-state index in [0.29, 0.717) is 18.5 Å². The number of aryl methyl sites for hydroxylation is 2. The summed E-state index contributed by atoms with van der Waals surface area (Å²) in [5.41, 5.74) is 3.63. The number of rotatable bonds is 5. The van der Waals surface area contributed by atoms with Crippen molar-refractivity contribution in [3.63, 3.8) is 0 Å². The molecule has 2 heterocycles. The van der Waals surface area contributed by atoms with Gasteiger partial charge < -0.3 is 9.67 Å². The topological polar surface area (TPSA) is 59.0 Å². The summed E-state index contributed by atoms with van der Waals surface area (Å²) in [5.74, 6) is 0.745. The lowest BCUT2D eigenvalue weighted by Gasteiger charge is -2.07. The van der Waals surface area contributed by atoms with Crippen molar-refractivity contribution in [3.05, 3.63) is 44.0 Å². The molecule has 0 atom stereocenters. The number of hydrogen-bond donors (Lipinski definition) is 1. The van der Waals surface area contributed by atoms with E-state index in [9.17, 15) is 4.79 Å². The predicted molar refractivity (Wildman–Crippen MR) is 78.1 cm³/mol. The van der Waals surface area contributed by atoms with Crippen molar-refractivity contribution in [2.45, 2.75) is 40.3 Å². The summed E-state index contributed by atoms with van der Waals surface area (Å²) in [4.78, 5) is 17.2. The Balaban J connectivity index is 2.33. The van der Waals surface area contributed by atoms with Crippen LogP contribution in [-0.2, 0) is 19.5 Å². The number of aliphatic hydroxyl groups excluding tert-OH is 1. The van der Waals surface area contributed by atoms with Crippen LogP contribution in [0.3, 0.4) is 0 Å². The molecule has 0 amide bonds. The van der Waals surface area contributed by atoms with Gasteiger partial charge >= 0.3 is 0 Å². The Hall–Kier alpha value is -1.53. The third-order valence-corrected chi connectivity index (χ3v) is 4.59. The zero-order valence-corrected chi connectivity index (χ0v) is 12.9. The Morgan fingerprint density at radius 3 is 2.85 bits per heavy atom. The van der Waals surface area contributed by atoms with E-state index in [1.54, 1.807) is 11.3 Å². The van der Waals surface area contributed by atoms with Gasteiger partial charge in [-0.2, -0.15) is 9.55 Å². The molecule has 2 aromatic heterocycles. The first kappa shape index (κ1) is 14.9. The van der Waals surface area contributed by atoms with Gasteiger partial charge in [0.05, 0.1) is 4.88 Å². The van der Waals surface area contributed by atoms with Crippen LogP contribution in [-0.4, -0.2) is 21.3 Å². The summed E-state index contributed by atoms with van der Waals surface area (Å²) in [5, 5.41) is 9.02. The molecule has 0 spiro atoms. The fourth-order valence-corrected chi connectivity index (χ4v) is 3.16. The Morgan fingerprint density at radius 2 is 2.20 bits per heavy atom. The number of aromatic nitrogens is 3. The van der Waals surface area contributed by atoms with Gasteiger partial charge in [0.25, 0.3) is 5.56 Å². The second kappa shape index (κ2) is 6.28. The van der Waals surface area contributed by atoms with Gasteiger partial charge in [-0.25, -0.2) is 0 Å². The van der Waals surface area contributed by atoms with Crippen LogP contribution in [0.15, 0.2) is 16.5 Å². The maximum absolute atomic E-state index is 12.0. The molecule has 0 fully saturated rings. The van der Waals surface area contributed by atoms with Gasteiger partial charge in [0.1, 0.15) is 11.4 Å². The fraction of sp³-hybridized carbons (Fsp3) is 0.500. The minimum absolute atomic E-state index is 0.149. The minimum Gasteiger partial charge on any atom is -0.396 e. The zero-order chi connectivity index (χ0) is 14.7. The number of hydrogen-bond acceptors (Lipinski definition) is 4. The van der Waals surface area contributed by atoms with Gasteiger partial charge in [0.2, 0.25) is 5.51 Å². The Bertz CT molecular complexity index is 661. The lowest BCUT2D eigenvalue weighted by atomic mass is 10.2. The molecule has 5 nitrogen and oxygen atoms in total. The second-order valence-electron chi connectivity index (χ2n) is 4.74. The summed E-state index contributed by atoms with van der Waals surface area (Å²) in [6.07, 6.45) is 2.55. The fourth-order valence-electron chi connectivity index (χ4n) is 2.18. The van der Waals surface area contributed by atoms with Gasteiger partial charge in [0, 0.05) is 32.7 Å². The smallest absolute Gasteiger partial charge is 0.282 e. The van der Waals surface area contributed by atoms with Crippen LogP contribution in [0.4, 0.5) is 0 Å². The van der Waals surface area contributed by atoms with E-state index in [4.69, 9.17) is 5.11 Å². The highest BCUT2D eigenvalue weighted by Gasteiger charge is 2.17. The summed E-state index contributed by atoms with van der Waals surface area (Å²) in [6, 6.07) is 0. The predicted octanol–water partition coefficient (Wildman–Crippen LogP) is 0.812. The van der Waals surface area contributed by atoms with Crippen LogP contribution < -0.4 is 10.1 Å². The molecule has 2 aromatic rings. The van der Waals surface area contributed by atoms with Crippen molar-refractivity contribution in [2.75, 3.05) is 6.61 Å². The summed E-state index contributed by atoms with van der Waals surface area (Å²) in [7, 11) is 0. The van der Waals surface area contributed by atoms with E-state index in [2.05, 4.69) is 4.98 Å². The molecule has 0 aromatic carbocycles. The molecule has 0 unspecified atom stereocenters. The molecular formula is C14H20N3O2S+. The number of nitrogens with zero attached hydrogens (tertiary/aromatic N) is 3. The molecule has 0 aliphatic rings. The van der Waals surface area contributed by atoms with Crippen molar-refractivity contribution in [1.82, 2.24) is 9.55 Å². The third-order valence-electron chi connectivity index (χ3n) is 3.44. The van der Waals surface area contributed by atoms with E-state index in [1.165, 1.54) is 0 Å². The number of aliphatic hydroxyl groups is 1. The van der Waals surface area contributed by atoms with Crippen molar-refractivity contribution in [3.8, 4) is 0 Å². The van der Waals surface area contributed by atoms with E-state index in [0.717, 1.165) is 22.9 Å². The highest BCUT2D eigenvalue weighted by Crippen LogP contribution is 2.11. The monoisotopic (exact) mass is 294 g/mol. The van der Waals surface area contributed by atoms with Gasteiger partial charge in [-0.1, -0.05) is 11.3 Å². The third kappa shape index (κ3) is 2.96. The standard InChI is InChI=1S/C14H20N3O2S/c1-4-16-7-12(14(19)15-11(16)3)8-17-9-20-13(5-6-18)10(17)2/h7,9,18H,4-6,8H2,1-3H3/q+1. The molecule has 0 aliphatic carbocycles. The average Bonchev–Trinajstić information content (AvgIpc) is 2.75. The molecule has 0 bridgehead atoms. The molecule has 1 N–H and O–H groups in total. The molecule has 0 radical (unpaired) electrons. The van der Waals surface area contributed by atoms with Crippen LogP contribution in [0.1, 0.15) is 28.9 Å². The van der Waals surface area contributed by atoms with E-state index in [-0.39, 0.29) is 12.2 Å². The normalized spacial score (nSPS) is 11.0. The Labute approximate surface area is 122 Å². The van der Waals surface area contributed by atoms with Crippen LogP contribution in [0, 0.1) is 13.8 Å². The first-order valence-corrected chi connectivity index (χ1v) is 7.59. The molecule has 108 valence electrons. The lowest BCUT2D eigenvalue weighted by molar-refractivity contribution is -0.689. The summed E-state index contributed by atoms with van der Waals surface area (Å²) < 4.78 is 4.02. The summed E-state index contributed by atoms with van der Waals surface area (Å²) >= 11 is 1.61. The maximum Gasteiger partial charge on any atom is 0.282 e. The lowest BCUT2D eigenvalue weighted by Crippen LogP contribution is -2.38.